The quantitative estimate of drug-likeness (QED) is 0.706. The zero-order chi connectivity index (χ0) is 11.2. The molecule has 0 bridgehead atoms. The van der Waals surface area contributed by atoms with E-state index < -0.39 is 0 Å². The molecule has 0 aliphatic rings. The molecule has 0 unspecified atom stereocenters. The van der Waals surface area contributed by atoms with Crippen molar-refractivity contribution in [3.05, 3.63) is 30.6 Å². The van der Waals surface area contributed by atoms with Crippen LogP contribution in [-0.2, 0) is 20.1 Å². The van der Waals surface area contributed by atoms with Gasteiger partial charge in [-0.25, -0.2) is 4.98 Å². The van der Waals surface area contributed by atoms with Gasteiger partial charge in [-0.05, 0) is 13.0 Å². The molecule has 0 aliphatic carbocycles. The first-order chi connectivity index (χ1) is 7.86. The average Bonchev–Trinajstić information content (AvgIpc) is 2.90. The number of hydrogen-bond donors (Lipinski definition) is 1. The van der Waals surface area contributed by atoms with E-state index in [0.717, 1.165) is 31.7 Å². The highest BCUT2D eigenvalue weighted by atomic mass is 15.4. The van der Waals surface area contributed by atoms with Crippen molar-refractivity contribution in [1.29, 1.82) is 0 Å². The zero-order valence-corrected chi connectivity index (χ0v) is 9.37. The van der Waals surface area contributed by atoms with Crippen molar-refractivity contribution < 1.29 is 0 Å². The maximum Gasteiger partial charge on any atom is 0.0945 e. The maximum absolute atomic E-state index is 4.00. The fourth-order valence-corrected chi connectivity index (χ4v) is 1.49. The molecule has 6 heteroatoms. The summed E-state index contributed by atoms with van der Waals surface area (Å²) >= 11 is 0. The minimum atomic E-state index is 0.813. The molecule has 0 fully saturated rings. The topological polar surface area (TPSA) is 60.6 Å². The summed E-state index contributed by atoms with van der Waals surface area (Å²) < 4.78 is 3.86. The van der Waals surface area contributed by atoms with Crippen LogP contribution in [0.25, 0.3) is 0 Å². The molecule has 6 nitrogen and oxygen atoms in total. The monoisotopic (exact) mass is 220 g/mol. The molecule has 86 valence electrons. The van der Waals surface area contributed by atoms with Crippen LogP contribution in [0.2, 0.25) is 0 Å². The van der Waals surface area contributed by atoms with Crippen LogP contribution in [0.5, 0.6) is 0 Å². The molecule has 0 saturated carbocycles. The third-order valence-electron chi connectivity index (χ3n) is 2.44. The van der Waals surface area contributed by atoms with E-state index in [1.54, 1.807) is 17.1 Å². The summed E-state index contributed by atoms with van der Waals surface area (Å²) in [5, 5.41) is 11.0. The third kappa shape index (κ3) is 2.90. The van der Waals surface area contributed by atoms with E-state index in [-0.39, 0.29) is 0 Å². The highest BCUT2D eigenvalue weighted by Crippen LogP contribution is 1.93. The van der Waals surface area contributed by atoms with Crippen LogP contribution in [0.3, 0.4) is 0 Å². The fourth-order valence-electron chi connectivity index (χ4n) is 1.49. The molecular formula is C10H16N6. The van der Waals surface area contributed by atoms with E-state index in [1.807, 2.05) is 19.6 Å². The first-order valence-electron chi connectivity index (χ1n) is 5.36. The lowest BCUT2D eigenvalue weighted by Crippen LogP contribution is -2.18. The van der Waals surface area contributed by atoms with Crippen molar-refractivity contribution in [1.82, 2.24) is 29.9 Å². The van der Waals surface area contributed by atoms with Crippen molar-refractivity contribution >= 4 is 0 Å². The third-order valence-corrected chi connectivity index (χ3v) is 2.44. The lowest BCUT2D eigenvalue weighted by molar-refractivity contribution is 0.562. The van der Waals surface area contributed by atoms with E-state index in [0.29, 0.717) is 0 Å². The van der Waals surface area contributed by atoms with Gasteiger partial charge in [-0.15, -0.1) is 5.10 Å². The van der Waals surface area contributed by atoms with Gasteiger partial charge >= 0.3 is 0 Å². The highest BCUT2D eigenvalue weighted by molar-refractivity contribution is 4.91. The van der Waals surface area contributed by atoms with E-state index in [9.17, 15) is 0 Å². The molecule has 2 rings (SSSR count). The second-order valence-electron chi connectivity index (χ2n) is 3.68. The predicted octanol–water partition coefficient (Wildman–Crippen LogP) is 0.191. The predicted molar refractivity (Wildman–Crippen MR) is 59.6 cm³/mol. The molecule has 0 amide bonds. The van der Waals surface area contributed by atoms with Crippen LogP contribution in [0.4, 0.5) is 0 Å². The number of imidazole rings is 1. The molecule has 0 aliphatic heterocycles. The van der Waals surface area contributed by atoms with Crippen molar-refractivity contribution in [2.45, 2.75) is 19.5 Å². The molecule has 0 atom stereocenters. The van der Waals surface area contributed by atoms with Gasteiger partial charge in [0.15, 0.2) is 0 Å². The molecule has 0 saturated heterocycles. The Balaban J connectivity index is 1.61. The second-order valence-corrected chi connectivity index (χ2v) is 3.68. The molecule has 2 aromatic heterocycles. The Labute approximate surface area is 94.3 Å². The summed E-state index contributed by atoms with van der Waals surface area (Å²) in [6.07, 6.45) is 8.48. The Morgan fingerprint density at radius 3 is 3.06 bits per heavy atom. The van der Waals surface area contributed by atoms with Crippen LogP contribution in [0, 0.1) is 0 Å². The number of nitrogens with one attached hydrogen (secondary N) is 1. The minimum absolute atomic E-state index is 0.813. The molecule has 16 heavy (non-hydrogen) atoms. The van der Waals surface area contributed by atoms with Crippen LogP contribution in [0.1, 0.15) is 12.1 Å². The molecule has 2 heterocycles. The van der Waals surface area contributed by atoms with Gasteiger partial charge in [0.05, 0.1) is 18.2 Å². The van der Waals surface area contributed by atoms with Crippen molar-refractivity contribution in [3.8, 4) is 0 Å². The molecule has 0 spiro atoms. The fraction of sp³-hybridized carbons (Fsp3) is 0.500. The lowest BCUT2D eigenvalue weighted by Gasteiger charge is -2.04. The van der Waals surface area contributed by atoms with Crippen molar-refractivity contribution in [3.63, 3.8) is 0 Å². The van der Waals surface area contributed by atoms with E-state index in [4.69, 9.17) is 0 Å². The van der Waals surface area contributed by atoms with E-state index in [2.05, 4.69) is 25.2 Å². The average molecular weight is 220 g/mol. The van der Waals surface area contributed by atoms with Gasteiger partial charge in [0, 0.05) is 32.5 Å². The van der Waals surface area contributed by atoms with Crippen LogP contribution >= 0.6 is 0 Å². The number of rotatable bonds is 6. The molecule has 0 aromatic carbocycles. The normalized spacial score (nSPS) is 10.8. The summed E-state index contributed by atoms with van der Waals surface area (Å²) in [7, 11) is 1.90. The number of aromatic nitrogens is 5. The zero-order valence-electron chi connectivity index (χ0n) is 9.37. The Morgan fingerprint density at radius 2 is 2.38 bits per heavy atom. The van der Waals surface area contributed by atoms with Crippen LogP contribution in [0.15, 0.2) is 24.9 Å². The number of hydrogen-bond acceptors (Lipinski definition) is 4. The van der Waals surface area contributed by atoms with Gasteiger partial charge in [-0.2, -0.15) is 0 Å². The van der Waals surface area contributed by atoms with Gasteiger partial charge in [-0.1, -0.05) is 5.21 Å². The Bertz CT molecular complexity index is 405. The summed E-state index contributed by atoms with van der Waals surface area (Å²) in [5.41, 5.74) is 1.10. The van der Waals surface area contributed by atoms with Gasteiger partial charge < -0.3 is 9.88 Å². The lowest BCUT2D eigenvalue weighted by atomic mass is 10.4. The highest BCUT2D eigenvalue weighted by Gasteiger charge is 1.98. The molecule has 0 radical (unpaired) electrons. The van der Waals surface area contributed by atoms with Gasteiger partial charge in [-0.3, -0.25) is 4.68 Å². The summed E-state index contributed by atoms with van der Waals surface area (Å²) in [6.45, 7) is 2.79. The summed E-state index contributed by atoms with van der Waals surface area (Å²) in [4.78, 5) is 4.00. The summed E-state index contributed by atoms with van der Waals surface area (Å²) in [5.74, 6) is 0. The van der Waals surface area contributed by atoms with Gasteiger partial charge in [0.25, 0.3) is 0 Å². The molecule has 1 N–H and O–H groups in total. The Hall–Kier alpha value is -1.69. The Kier molecular flexibility index (Phi) is 3.66. The molecular weight excluding hydrogens is 204 g/mol. The van der Waals surface area contributed by atoms with E-state index >= 15 is 0 Å². The van der Waals surface area contributed by atoms with E-state index in [1.165, 1.54) is 0 Å². The standard InChI is InChI=1S/C10H16N6/c1-15-10(8-13-14-15)7-11-3-2-5-16-6-4-12-9-16/h4,6,8-9,11H,2-3,5,7H2,1H3. The minimum Gasteiger partial charge on any atom is -0.337 e. The van der Waals surface area contributed by atoms with Crippen LogP contribution in [-0.4, -0.2) is 31.1 Å². The first-order valence-corrected chi connectivity index (χ1v) is 5.36. The Morgan fingerprint density at radius 1 is 1.44 bits per heavy atom. The van der Waals surface area contributed by atoms with Crippen LogP contribution < -0.4 is 5.32 Å². The van der Waals surface area contributed by atoms with Gasteiger partial charge in [0.1, 0.15) is 0 Å². The van der Waals surface area contributed by atoms with Crippen molar-refractivity contribution in [2.75, 3.05) is 6.54 Å². The van der Waals surface area contributed by atoms with Crippen molar-refractivity contribution in [2.24, 2.45) is 7.05 Å². The SMILES string of the molecule is Cn1nncc1CNCCCn1ccnc1. The summed E-state index contributed by atoms with van der Waals surface area (Å²) in [6, 6.07) is 0. The first kappa shape index (κ1) is 10.8. The number of aryl methyl sites for hydroxylation is 2. The smallest absolute Gasteiger partial charge is 0.0945 e. The largest absolute Gasteiger partial charge is 0.337 e. The maximum atomic E-state index is 4.00. The molecule has 2 aromatic rings. The number of nitrogens with zero attached hydrogens (tertiary/aromatic N) is 5. The second kappa shape index (κ2) is 5.41. The van der Waals surface area contributed by atoms with Gasteiger partial charge in [0.2, 0.25) is 0 Å².